The summed E-state index contributed by atoms with van der Waals surface area (Å²) in [4.78, 5) is 7.04. The van der Waals surface area contributed by atoms with E-state index in [1.54, 1.807) is 7.11 Å². The van der Waals surface area contributed by atoms with Gasteiger partial charge in [0.25, 0.3) is 0 Å². The summed E-state index contributed by atoms with van der Waals surface area (Å²) in [7, 11) is 1.72. The van der Waals surface area contributed by atoms with E-state index in [1.165, 1.54) is 38.6 Å². The second kappa shape index (κ2) is 6.71. The molecule has 0 amide bonds. The lowest BCUT2D eigenvalue weighted by Gasteiger charge is -2.24. The van der Waals surface area contributed by atoms with Crippen molar-refractivity contribution in [3.63, 3.8) is 0 Å². The fourth-order valence-electron chi connectivity index (χ4n) is 4.11. The molecule has 0 spiro atoms. The zero-order chi connectivity index (χ0) is 16.8. The van der Waals surface area contributed by atoms with Gasteiger partial charge in [0, 0.05) is 33.7 Å². The predicted octanol–water partition coefficient (Wildman–Crippen LogP) is 4.51. The van der Waals surface area contributed by atoms with Crippen LogP contribution in [0, 0.1) is 0 Å². The molecule has 134 valence electrons. The molecule has 0 radical (unpaired) electrons. The number of hydrogen-bond acceptors (Lipinski definition) is 2. The summed E-state index contributed by atoms with van der Waals surface area (Å²) in [6, 6.07) is 15.1. The number of methoxy groups -OCH3 is 1. The topological polar surface area (TPSA) is 52.8 Å². The molecular weight excluding hydrogens is 346 g/mol. The third kappa shape index (κ3) is 2.66. The van der Waals surface area contributed by atoms with Gasteiger partial charge < -0.3 is 20.0 Å². The van der Waals surface area contributed by atoms with Gasteiger partial charge in [-0.3, -0.25) is 0 Å². The maximum Gasteiger partial charge on any atom is 0.119 e. The molecule has 1 atom stereocenters. The Morgan fingerprint density at radius 2 is 1.96 bits per heavy atom. The predicted molar refractivity (Wildman–Crippen MR) is 109 cm³/mol. The molecule has 2 aromatic heterocycles. The van der Waals surface area contributed by atoms with Crippen LogP contribution in [-0.4, -0.2) is 23.6 Å². The Morgan fingerprint density at radius 3 is 2.85 bits per heavy atom. The van der Waals surface area contributed by atoms with Crippen LogP contribution in [0.5, 0.6) is 5.75 Å². The molecule has 1 unspecified atom stereocenters. The molecular formula is C21H22ClN3O. The maximum absolute atomic E-state index is 5.41. The van der Waals surface area contributed by atoms with Crippen molar-refractivity contribution in [1.82, 2.24) is 15.3 Å². The Hall–Kier alpha value is -2.43. The minimum atomic E-state index is 0. The van der Waals surface area contributed by atoms with Crippen LogP contribution in [0.2, 0.25) is 0 Å². The molecule has 0 fully saturated rings. The molecule has 3 heterocycles. The summed E-state index contributed by atoms with van der Waals surface area (Å²) in [5.74, 6) is 0.918. The van der Waals surface area contributed by atoms with Crippen molar-refractivity contribution in [2.24, 2.45) is 0 Å². The van der Waals surface area contributed by atoms with Gasteiger partial charge in [-0.15, -0.1) is 12.4 Å². The van der Waals surface area contributed by atoms with E-state index in [0.29, 0.717) is 6.04 Å². The van der Waals surface area contributed by atoms with Gasteiger partial charge in [0.1, 0.15) is 5.75 Å². The first-order valence-electron chi connectivity index (χ1n) is 8.80. The Morgan fingerprint density at radius 1 is 1.08 bits per heavy atom. The lowest BCUT2D eigenvalue weighted by atomic mass is 9.94. The highest BCUT2D eigenvalue weighted by atomic mass is 35.5. The molecule has 5 rings (SSSR count). The number of rotatable bonds is 3. The van der Waals surface area contributed by atoms with Crippen LogP contribution in [0.4, 0.5) is 0 Å². The number of aromatic amines is 2. The van der Waals surface area contributed by atoms with Crippen molar-refractivity contribution < 1.29 is 4.74 Å². The van der Waals surface area contributed by atoms with E-state index in [0.717, 1.165) is 25.1 Å². The fourth-order valence-corrected chi connectivity index (χ4v) is 4.11. The van der Waals surface area contributed by atoms with Crippen LogP contribution in [0.15, 0.2) is 48.7 Å². The lowest BCUT2D eigenvalue weighted by Crippen LogP contribution is -2.31. The molecule has 1 aliphatic rings. The number of fused-ring (bicyclic) bond motifs is 4. The van der Waals surface area contributed by atoms with E-state index < -0.39 is 0 Å². The molecule has 3 N–H and O–H groups in total. The van der Waals surface area contributed by atoms with Crippen molar-refractivity contribution in [2.75, 3.05) is 13.7 Å². The number of hydrogen-bond donors (Lipinski definition) is 3. The minimum Gasteiger partial charge on any atom is -0.497 e. The largest absolute Gasteiger partial charge is 0.497 e. The number of benzene rings is 2. The molecule has 0 bridgehead atoms. The lowest BCUT2D eigenvalue weighted by molar-refractivity contribution is 0.415. The van der Waals surface area contributed by atoms with E-state index in [9.17, 15) is 0 Å². The van der Waals surface area contributed by atoms with Crippen molar-refractivity contribution in [2.45, 2.75) is 18.9 Å². The van der Waals surface area contributed by atoms with Crippen LogP contribution >= 0.6 is 12.4 Å². The second-order valence-corrected chi connectivity index (χ2v) is 6.75. The van der Waals surface area contributed by atoms with Crippen molar-refractivity contribution in [1.29, 1.82) is 0 Å². The third-order valence-electron chi connectivity index (χ3n) is 5.36. The zero-order valence-electron chi connectivity index (χ0n) is 14.6. The zero-order valence-corrected chi connectivity index (χ0v) is 15.5. The summed E-state index contributed by atoms with van der Waals surface area (Å²) in [6.45, 7) is 1.00. The Labute approximate surface area is 158 Å². The van der Waals surface area contributed by atoms with E-state index in [-0.39, 0.29) is 12.4 Å². The van der Waals surface area contributed by atoms with E-state index in [2.05, 4.69) is 57.9 Å². The number of H-pyrrole nitrogens is 2. The standard InChI is InChI=1S/C21H21N3O.ClH/c1-25-14-6-7-19-17(11-14)16-8-9-22-20(21(16)24-19)10-13-12-23-18-5-3-2-4-15(13)18;/h2-7,11-12,20,22-24H,8-10H2,1H3;1H. The molecule has 1 aliphatic heterocycles. The van der Waals surface area contributed by atoms with Crippen LogP contribution in [-0.2, 0) is 12.8 Å². The SMILES string of the molecule is COc1ccc2[nH]c3c(c2c1)CCNC3Cc1c[nH]c2ccccc12.Cl. The summed E-state index contributed by atoms with van der Waals surface area (Å²) < 4.78 is 5.41. The van der Waals surface area contributed by atoms with Gasteiger partial charge in [-0.2, -0.15) is 0 Å². The number of halogens is 1. The highest BCUT2D eigenvalue weighted by molar-refractivity contribution is 5.87. The average molecular weight is 368 g/mol. The molecule has 0 aliphatic carbocycles. The molecule has 2 aromatic carbocycles. The average Bonchev–Trinajstić information content (AvgIpc) is 3.23. The molecule has 4 nitrogen and oxygen atoms in total. The van der Waals surface area contributed by atoms with Gasteiger partial charge in [0.15, 0.2) is 0 Å². The van der Waals surface area contributed by atoms with Crippen LogP contribution in [0.3, 0.4) is 0 Å². The van der Waals surface area contributed by atoms with Crippen molar-refractivity contribution in [3.8, 4) is 5.75 Å². The first-order valence-corrected chi connectivity index (χ1v) is 8.80. The van der Waals surface area contributed by atoms with Gasteiger partial charge in [-0.05, 0) is 54.8 Å². The smallest absolute Gasteiger partial charge is 0.119 e. The summed E-state index contributed by atoms with van der Waals surface area (Å²) in [6.07, 6.45) is 4.17. The summed E-state index contributed by atoms with van der Waals surface area (Å²) >= 11 is 0. The summed E-state index contributed by atoms with van der Waals surface area (Å²) in [5, 5.41) is 6.30. The van der Waals surface area contributed by atoms with Crippen molar-refractivity contribution >= 4 is 34.2 Å². The highest BCUT2D eigenvalue weighted by Crippen LogP contribution is 2.34. The van der Waals surface area contributed by atoms with Crippen LogP contribution < -0.4 is 10.1 Å². The Kier molecular flexibility index (Phi) is 4.39. The van der Waals surface area contributed by atoms with E-state index >= 15 is 0 Å². The van der Waals surface area contributed by atoms with Gasteiger partial charge in [0.2, 0.25) is 0 Å². The van der Waals surface area contributed by atoms with E-state index in [1.807, 2.05) is 6.07 Å². The van der Waals surface area contributed by atoms with Gasteiger partial charge in [-0.1, -0.05) is 18.2 Å². The third-order valence-corrected chi connectivity index (χ3v) is 5.36. The number of ether oxygens (including phenoxy) is 1. The monoisotopic (exact) mass is 367 g/mol. The Bertz CT molecular complexity index is 1070. The fraction of sp³-hybridized carbons (Fsp3) is 0.238. The molecule has 4 aromatic rings. The first kappa shape index (κ1) is 17.0. The molecule has 26 heavy (non-hydrogen) atoms. The van der Waals surface area contributed by atoms with Gasteiger partial charge in [0.05, 0.1) is 13.2 Å². The van der Waals surface area contributed by atoms with Gasteiger partial charge >= 0.3 is 0 Å². The quantitative estimate of drug-likeness (QED) is 0.499. The van der Waals surface area contributed by atoms with Crippen LogP contribution in [0.1, 0.15) is 22.9 Å². The maximum atomic E-state index is 5.41. The molecule has 5 heteroatoms. The Balaban J connectivity index is 0.00000168. The summed E-state index contributed by atoms with van der Waals surface area (Å²) in [5.41, 5.74) is 6.50. The normalized spacial score (nSPS) is 16.4. The molecule has 0 saturated carbocycles. The van der Waals surface area contributed by atoms with Crippen molar-refractivity contribution in [3.05, 3.63) is 65.5 Å². The number of nitrogens with one attached hydrogen (secondary N) is 3. The first-order chi connectivity index (χ1) is 12.3. The highest BCUT2D eigenvalue weighted by Gasteiger charge is 2.25. The number of para-hydroxylation sites is 1. The van der Waals surface area contributed by atoms with E-state index in [4.69, 9.17) is 4.74 Å². The second-order valence-electron chi connectivity index (χ2n) is 6.75. The van der Waals surface area contributed by atoms with Gasteiger partial charge in [-0.25, -0.2) is 0 Å². The minimum absolute atomic E-state index is 0. The molecule has 0 saturated heterocycles. The number of aromatic nitrogens is 2. The van der Waals surface area contributed by atoms with Crippen LogP contribution in [0.25, 0.3) is 21.8 Å².